The van der Waals surface area contributed by atoms with Crippen LogP contribution in [0.5, 0.6) is 5.75 Å². The molecule has 2 rings (SSSR count). The first-order chi connectivity index (χ1) is 14.8. The maximum Gasteiger partial charge on any atom is 0.261 e. The summed E-state index contributed by atoms with van der Waals surface area (Å²) in [7, 11) is 0. The number of carbonyl (C=O) groups excluding carboxylic acids is 2. The molecule has 2 aromatic rings. The van der Waals surface area contributed by atoms with Crippen molar-refractivity contribution in [3.63, 3.8) is 0 Å². The van der Waals surface area contributed by atoms with Crippen molar-refractivity contribution in [2.75, 3.05) is 13.2 Å². The van der Waals surface area contributed by atoms with Crippen molar-refractivity contribution in [3.05, 3.63) is 63.6 Å². The van der Waals surface area contributed by atoms with Crippen LogP contribution in [0, 0.1) is 6.92 Å². The summed E-state index contributed by atoms with van der Waals surface area (Å²) in [5, 5.41) is 2.85. The summed E-state index contributed by atoms with van der Waals surface area (Å²) in [5.74, 6) is 0.647. The van der Waals surface area contributed by atoms with Crippen LogP contribution in [-0.2, 0) is 16.1 Å². The summed E-state index contributed by atoms with van der Waals surface area (Å²) in [6, 6.07) is 13.2. The number of nitrogens with zero attached hydrogens (tertiary/aromatic N) is 1. The van der Waals surface area contributed by atoms with E-state index in [1.165, 1.54) is 5.56 Å². The molecule has 0 saturated carbocycles. The number of nitrogens with one attached hydrogen (secondary N) is 1. The van der Waals surface area contributed by atoms with Crippen molar-refractivity contribution >= 4 is 27.7 Å². The van der Waals surface area contributed by atoms with Gasteiger partial charge in [-0.2, -0.15) is 0 Å². The molecule has 168 valence electrons. The first-order valence-electron chi connectivity index (χ1n) is 10.8. The fourth-order valence-electron chi connectivity index (χ4n) is 3.40. The monoisotopic (exact) mass is 488 g/mol. The largest absolute Gasteiger partial charge is 0.483 e. The van der Waals surface area contributed by atoms with Crippen molar-refractivity contribution in [1.29, 1.82) is 0 Å². The Kier molecular flexibility index (Phi) is 9.56. The molecular formula is C25H33BrN2O3. The Balaban J connectivity index is 2.23. The van der Waals surface area contributed by atoms with Gasteiger partial charge in [-0.25, -0.2) is 0 Å². The highest BCUT2D eigenvalue weighted by Gasteiger charge is 2.29. The van der Waals surface area contributed by atoms with Gasteiger partial charge in [0.2, 0.25) is 5.91 Å². The Bertz CT molecular complexity index is 898. The maximum absolute atomic E-state index is 13.2. The van der Waals surface area contributed by atoms with Gasteiger partial charge < -0.3 is 15.0 Å². The van der Waals surface area contributed by atoms with Gasteiger partial charge in [0, 0.05) is 13.1 Å². The van der Waals surface area contributed by atoms with E-state index >= 15 is 0 Å². The Labute approximate surface area is 194 Å². The number of benzene rings is 2. The van der Waals surface area contributed by atoms with Gasteiger partial charge in [0.1, 0.15) is 11.8 Å². The normalized spacial score (nSPS) is 11.8. The van der Waals surface area contributed by atoms with E-state index in [9.17, 15) is 9.59 Å². The highest BCUT2D eigenvalue weighted by molar-refractivity contribution is 9.10. The summed E-state index contributed by atoms with van der Waals surface area (Å²) in [6.45, 7) is 10.8. The van der Waals surface area contributed by atoms with Gasteiger partial charge in [-0.1, -0.05) is 51.1 Å². The first kappa shape index (κ1) is 24.9. The van der Waals surface area contributed by atoms with Crippen molar-refractivity contribution in [2.45, 2.75) is 59.5 Å². The van der Waals surface area contributed by atoms with E-state index in [4.69, 9.17) is 4.74 Å². The zero-order valence-electron chi connectivity index (χ0n) is 19.1. The molecule has 31 heavy (non-hydrogen) atoms. The summed E-state index contributed by atoms with van der Waals surface area (Å²) < 4.78 is 6.66. The minimum atomic E-state index is -0.553. The fraction of sp³-hybridized carbons (Fsp3) is 0.440. The van der Waals surface area contributed by atoms with Crippen LogP contribution in [0.2, 0.25) is 0 Å². The molecular weight excluding hydrogens is 456 g/mol. The lowest BCUT2D eigenvalue weighted by Crippen LogP contribution is -2.50. The Morgan fingerprint density at radius 3 is 2.42 bits per heavy atom. The van der Waals surface area contributed by atoms with Gasteiger partial charge in [0.25, 0.3) is 5.91 Å². The van der Waals surface area contributed by atoms with E-state index in [-0.39, 0.29) is 18.4 Å². The van der Waals surface area contributed by atoms with Crippen molar-refractivity contribution in [3.8, 4) is 5.75 Å². The van der Waals surface area contributed by atoms with Crippen molar-refractivity contribution in [1.82, 2.24) is 10.2 Å². The molecule has 0 aromatic heterocycles. The highest BCUT2D eigenvalue weighted by Crippen LogP contribution is 2.29. The number of hydrogen-bond acceptors (Lipinski definition) is 3. The van der Waals surface area contributed by atoms with Crippen LogP contribution in [0.4, 0.5) is 0 Å². The third-order valence-electron chi connectivity index (χ3n) is 5.31. The number of aryl methyl sites for hydroxylation is 1. The lowest BCUT2D eigenvalue weighted by Gasteiger charge is -2.31. The summed E-state index contributed by atoms with van der Waals surface area (Å²) in [6.07, 6.45) is 0.524. The summed E-state index contributed by atoms with van der Waals surface area (Å²) in [5.41, 5.74) is 3.29. The second kappa shape index (κ2) is 11.9. The number of likely N-dealkylation sites (N-methyl/N-ethyl adjacent to an activating group) is 1. The quantitative estimate of drug-likeness (QED) is 0.499. The molecule has 0 fully saturated rings. The zero-order chi connectivity index (χ0) is 23.0. The molecule has 2 amide bonds. The van der Waals surface area contributed by atoms with Gasteiger partial charge in [0.15, 0.2) is 6.61 Å². The predicted molar refractivity (Wildman–Crippen MR) is 128 cm³/mol. The van der Waals surface area contributed by atoms with E-state index in [0.29, 0.717) is 31.2 Å². The van der Waals surface area contributed by atoms with Crippen LogP contribution in [-0.4, -0.2) is 35.9 Å². The average Bonchev–Trinajstić information content (AvgIpc) is 2.73. The maximum atomic E-state index is 13.2. The van der Waals surface area contributed by atoms with Crippen molar-refractivity contribution < 1.29 is 14.3 Å². The lowest BCUT2D eigenvalue weighted by molar-refractivity contribution is -0.142. The Morgan fingerprint density at radius 2 is 1.84 bits per heavy atom. The molecule has 0 radical (unpaired) electrons. The Morgan fingerprint density at radius 1 is 1.13 bits per heavy atom. The lowest BCUT2D eigenvalue weighted by atomic mass is 10.0. The van der Waals surface area contributed by atoms with Crippen LogP contribution < -0.4 is 10.1 Å². The van der Waals surface area contributed by atoms with Gasteiger partial charge >= 0.3 is 0 Å². The molecule has 6 heteroatoms. The third kappa shape index (κ3) is 6.82. The fourth-order valence-corrected chi connectivity index (χ4v) is 3.91. The highest BCUT2D eigenvalue weighted by atomic mass is 79.9. The second-order valence-corrected chi connectivity index (χ2v) is 8.75. The van der Waals surface area contributed by atoms with Crippen molar-refractivity contribution in [2.24, 2.45) is 0 Å². The number of hydrogen-bond donors (Lipinski definition) is 1. The molecule has 0 aliphatic rings. The van der Waals surface area contributed by atoms with E-state index < -0.39 is 6.04 Å². The van der Waals surface area contributed by atoms with Crippen LogP contribution in [0.15, 0.2) is 46.9 Å². The van der Waals surface area contributed by atoms with E-state index in [1.807, 2.05) is 63.2 Å². The van der Waals surface area contributed by atoms with Crippen LogP contribution >= 0.6 is 15.9 Å². The molecule has 1 atom stereocenters. The Hall–Kier alpha value is -2.34. The standard InChI is InChI=1S/C25H33BrN2O3/c1-6-22(25(30)27-7-2)28(15-20-11-9-8-10-18(20)5)24(29)16-31-23-13-12-19(17(3)4)14-21(23)26/h8-14,17,22H,6-7,15-16H2,1-5H3,(H,27,30). The zero-order valence-corrected chi connectivity index (χ0v) is 20.7. The van der Waals surface area contributed by atoms with Gasteiger partial charge in [-0.15, -0.1) is 0 Å². The van der Waals surface area contributed by atoms with E-state index in [0.717, 1.165) is 15.6 Å². The average molecular weight is 489 g/mol. The number of amides is 2. The third-order valence-corrected chi connectivity index (χ3v) is 5.93. The minimum Gasteiger partial charge on any atom is -0.483 e. The van der Waals surface area contributed by atoms with Gasteiger partial charge in [0.05, 0.1) is 4.47 Å². The molecule has 0 spiro atoms. The number of ether oxygens (including phenoxy) is 1. The predicted octanol–water partition coefficient (Wildman–Crippen LogP) is 5.20. The SMILES string of the molecule is CCNC(=O)C(CC)N(Cc1ccccc1C)C(=O)COc1ccc(C(C)C)cc1Br. The van der Waals surface area contributed by atoms with Crippen LogP contribution in [0.3, 0.4) is 0 Å². The number of carbonyl (C=O) groups is 2. The molecule has 0 saturated heterocycles. The topological polar surface area (TPSA) is 58.6 Å². The number of halogens is 1. The molecule has 0 bridgehead atoms. The summed E-state index contributed by atoms with van der Waals surface area (Å²) >= 11 is 3.54. The van der Waals surface area contributed by atoms with Crippen LogP contribution in [0.25, 0.3) is 0 Å². The molecule has 2 aromatic carbocycles. The van der Waals surface area contributed by atoms with Gasteiger partial charge in [-0.3, -0.25) is 9.59 Å². The van der Waals surface area contributed by atoms with Crippen LogP contribution in [0.1, 0.15) is 56.7 Å². The summed E-state index contributed by atoms with van der Waals surface area (Å²) in [4.78, 5) is 27.5. The smallest absolute Gasteiger partial charge is 0.261 e. The van der Waals surface area contributed by atoms with E-state index in [2.05, 4.69) is 35.1 Å². The first-order valence-corrected chi connectivity index (χ1v) is 11.6. The molecule has 1 unspecified atom stereocenters. The molecule has 0 aliphatic carbocycles. The molecule has 1 N–H and O–H groups in total. The van der Waals surface area contributed by atoms with E-state index in [1.54, 1.807) is 4.90 Å². The number of rotatable bonds is 10. The minimum absolute atomic E-state index is 0.137. The van der Waals surface area contributed by atoms with Gasteiger partial charge in [-0.05, 0) is 70.9 Å². The second-order valence-electron chi connectivity index (χ2n) is 7.90. The molecule has 0 heterocycles. The molecule has 5 nitrogen and oxygen atoms in total. The molecule has 0 aliphatic heterocycles.